The van der Waals surface area contributed by atoms with Gasteiger partial charge in [0.05, 0.1) is 11.1 Å². The molecule has 1 aromatic carbocycles. The summed E-state index contributed by atoms with van der Waals surface area (Å²) < 4.78 is 39.5. The van der Waals surface area contributed by atoms with Crippen molar-refractivity contribution in [1.29, 1.82) is 0 Å². The smallest absolute Gasteiger partial charge is 0.335 e. The van der Waals surface area contributed by atoms with Gasteiger partial charge < -0.3 is 9.80 Å². The number of halogens is 3. The monoisotopic (exact) mass is 392 g/mol. The molecule has 6 nitrogen and oxygen atoms in total. The number of aromatic amines is 1. The first kappa shape index (κ1) is 18.5. The highest BCUT2D eigenvalue weighted by atomic mass is 19.4. The van der Waals surface area contributed by atoms with E-state index >= 15 is 0 Å². The summed E-state index contributed by atoms with van der Waals surface area (Å²) >= 11 is 0. The topological polar surface area (TPSA) is 69.3 Å². The van der Waals surface area contributed by atoms with Gasteiger partial charge in [-0.05, 0) is 31.0 Å². The predicted octanol–water partition coefficient (Wildman–Crippen LogP) is 2.90. The SMILES string of the molecule is O=C(c1cc(C2CC2)[nH]n1)N1CCN(C(=O)c2ccccc2C(F)(F)F)CC1. The number of carbonyl (C=O) groups is 2. The lowest BCUT2D eigenvalue weighted by Gasteiger charge is -2.34. The van der Waals surface area contributed by atoms with Crippen molar-refractivity contribution in [3.05, 3.63) is 52.8 Å². The van der Waals surface area contributed by atoms with Crippen LogP contribution in [0.1, 0.15) is 50.9 Å². The van der Waals surface area contributed by atoms with Crippen molar-refractivity contribution in [2.45, 2.75) is 24.9 Å². The van der Waals surface area contributed by atoms with Crippen LogP contribution < -0.4 is 0 Å². The molecule has 0 unspecified atom stereocenters. The van der Waals surface area contributed by atoms with E-state index in [9.17, 15) is 22.8 Å². The molecule has 2 amide bonds. The number of alkyl halides is 3. The summed E-state index contributed by atoms with van der Waals surface area (Å²) in [7, 11) is 0. The summed E-state index contributed by atoms with van der Waals surface area (Å²) in [6.07, 6.45) is -2.41. The van der Waals surface area contributed by atoms with Gasteiger partial charge in [-0.15, -0.1) is 0 Å². The van der Waals surface area contributed by atoms with E-state index in [1.807, 2.05) is 0 Å². The van der Waals surface area contributed by atoms with Crippen molar-refractivity contribution >= 4 is 11.8 Å². The van der Waals surface area contributed by atoms with Crippen LogP contribution in [-0.4, -0.2) is 58.0 Å². The molecule has 0 bridgehead atoms. The maximum Gasteiger partial charge on any atom is 0.417 e. The number of nitrogens with zero attached hydrogens (tertiary/aromatic N) is 3. The predicted molar refractivity (Wildman–Crippen MR) is 93.8 cm³/mol. The zero-order valence-corrected chi connectivity index (χ0v) is 15.0. The standard InChI is InChI=1S/C19H19F3N4O2/c20-19(21,22)14-4-2-1-3-13(14)17(27)25-7-9-26(10-8-25)18(28)16-11-15(23-24-16)12-5-6-12/h1-4,11-12H,5-10H2,(H,23,24). The molecule has 1 aliphatic heterocycles. The third kappa shape index (κ3) is 3.61. The first-order valence-corrected chi connectivity index (χ1v) is 9.14. The molecule has 0 atom stereocenters. The molecule has 4 rings (SSSR count). The lowest BCUT2D eigenvalue weighted by Crippen LogP contribution is -2.50. The largest absolute Gasteiger partial charge is 0.417 e. The molecule has 0 spiro atoms. The fourth-order valence-electron chi connectivity index (χ4n) is 3.41. The first-order valence-electron chi connectivity index (χ1n) is 9.14. The minimum absolute atomic E-state index is 0.177. The fourth-order valence-corrected chi connectivity index (χ4v) is 3.41. The Kier molecular flexibility index (Phi) is 4.60. The Morgan fingerprint density at radius 1 is 1.00 bits per heavy atom. The van der Waals surface area contributed by atoms with Crippen LogP contribution in [0.5, 0.6) is 0 Å². The summed E-state index contributed by atoms with van der Waals surface area (Å²) in [6.45, 7) is 0.863. The molecule has 1 aromatic heterocycles. The summed E-state index contributed by atoms with van der Waals surface area (Å²) in [4.78, 5) is 28.1. The van der Waals surface area contributed by atoms with Gasteiger partial charge in [-0.25, -0.2) is 0 Å². The number of aromatic nitrogens is 2. The van der Waals surface area contributed by atoms with Gasteiger partial charge in [-0.1, -0.05) is 12.1 Å². The lowest BCUT2D eigenvalue weighted by molar-refractivity contribution is -0.138. The Balaban J connectivity index is 1.41. The van der Waals surface area contributed by atoms with E-state index in [0.29, 0.717) is 11.6 Å². The van der Waals surface area contributed by atoms with Crippen molar-refractivity contribution in [1.82, 2.24) is 20.0 Å². The van der Waals surface area contributed by atoms with E-state index < -0.39 is 17.6 Å². The zero-order chi connectivity index (χ0) is 19.9. The molecule has 2 aromatic rings. The maximum absolute atomic E-state index is 13.2. The molecule has 2 aliphatic rings. The summed E-state index contributed by atoms with van der Waals surface area (Å²) in [5.41, 5.74) is -0.0104. The van der Waals surface area contributed by atoms with Gasteiger partial charge in [0.2, 0.25) is 0 Å². The Labute approximate surface area is 159 Å². The van der Waals surface area contributed by atoms with Crippen LogP contribution in [0.25, 0.3) is 0 Å². The van der Waals surface area contributed by atoms with Crippen LogP contribution in [0.4, 0.5) is 13.2 Å². The fraction of sp³-hybridized carbons (Fsp3) is 0.421. The highest BCUT2D eigenvalue weighted by molar-refractivity contribution is 5.96. The van der Waals surface area contributed by atoms with Crippen molar-refractivity contribution in [2.75, 3.05) is 26.2 Å². The Morgan fingerprint density at radius 3 is 2.21 bits per heavy atom. The molecule has 2 fully saturated rings. The van der Waals surface area contributed by atoms with E-state index in [-0.39, 0.29) is 37.6 Å². The van der Waals surface area contributed by atoms with Crippen molar-refractivity contribution < 1.29 is 22.8 Å². The van der Waals surface area contributed by atoms with Gasteiger partial charge >= 0.3 is 6.18 Å². The second-order valence-electron chi connectivity index (χ2n) is 7.11. The average molecular weight is 392 g/mol. The number of rotatable bonds is 3. The molecule has 1 saturated carbocycles. The Morgan fingerprint density at radius 2 is 1.61 bits per heavy atom. The molecule has 2 heterocycles. The number of nitrogens with one attached hydrogen (secondary N) is 1. The third-order valence-corrected chi connectivity index (χ3v) is 5.15. The number of H-pyrrole nitrogens is 1. The van der Waals surface area contributed by atoms with Gasteiger partial charge in [-0.2, -0.15) is 18.3 Å². The molecule has 28 heavy (non-hydrogen) atoms. The van der Waals surface area contributed by atoms with E-state index in [2.05, 4.69) is 10.2 Å². The molecule has 9 heteroatoms. The number of hydrogen-bond donors (Lipinski definition) is 1. The highest BCUT2D eigenvalue weighted by Gasteiger charge is 2.37. The number of amides is 2. The Hall–Kier alpha value is -2.84. The van der Waals surface area contributed by atoms with Crippen LogP contribution in [0, 0.1) is 0 Å². The van der Waals surface area contributed by atoms with Crippen LogP contribution >= 0.6 is 0 Å². The molecular formula is C19H19F3N4O2. The Bertz CT molecular complexity index is 897. The van der Waals surface area contributed by atoms with E-state index in [4.69, 9.17) is 0 Å². The first-order chi connectivity index (χ1) is 13.3. The maximum atomic E-state index is 13.2. The molecular weight excluding hydrogens is 373 g/mol. The van der Waals surface area contributed by atoms with Gasteiger partial charge in [-0.3, -0.25) is 14.7 Å². The van der Waals surface area contributed by atoms with Gasteiger partial charge in [0.15, 0.2) is 0 Å². The minimum atomic E-state index is -4.59. The summed E-state index contributed by atoms with van der Waals surface area (Å²) in [6, 6.07) is 6.53. The summed E-state index contributed by atoms with van der Waals surface area (Å²) in [5, 5.41) is 6.96. The molecule has 0 radical (unpaired) electrons. The zero-order valence-electron chi connectivity index (χ0n) is 15.0. The third-order valence-electron chi connectivity index (χ3n) is 5.15. The lowest BCUT2D eigenvalue weighted by atomic mass is 10.1. The van der Waals surface area contributed by atoms with E-state index in [0.717, 1.165) is 24.6 Å². The van der Waals surface area contributed by atoms with Crippen LogP contribution in [-0.2, 0) is 6.18 Å². The van der Waals surface area contributed by atoms with E-state index in [1.54, 1.807) is 11.0 Å². The van der Waals surface area contributed by atoms with Gasteiger partial charge in [0, 0.05) is 37.8 Å². The number of hydrogen-bond acceptors (Lipinski definition) is 3. The van der Waals surface area contributed by atoms with Crippen molar-refractivity contribution in [2.24, 2.45) is 0 Å². The second kappa shape index (κ2) is 6.96. The molecule has 1 aliphatic carbocycles. The average Bonchev–Trinajstić information content (AvgIpc) is 3.43. The van der Waals surface area contributed by atoms with Gasteiger partial charge in [0.25, 0.3) is 11.8 Å². The number of piperazine rings is 1. The minimum Gasteiger partial charge on any atom is -0.335 e. The highest BCUT2D eigenvalue weighted by Crippen LogP contribution is 2.39. The normalized spacial score (nSPS) is 17.7. The van der Waals surface area contributed by atoms with Crippen molar-refractivity contribution in [3.8, 4) is 0 Å². The molecule has 148 valence electrons. The van der Waals surface area contributed by atoms with Crippen LogP contribution in [0.15, 0.2) is 30.3 Å². The number of carbonyl (C=O) groups excluding carboxylic acids is 2. The van der Waals surface area contributed by atoms with Gasteiger partial charge in [0.1, 0.15) is 5.69 Å². The number of benzene rings is 1. The van der Waals surface area contributed by atoms with E-state index in [1.165, 1.54) is 23.1 Å². The van der Waals surface area contributed by atoms with Crippen molar-refractivity contribution in [3.63, 3.8) is 0 Å². The molecule has 1 saturated heterocycles. The quantitative estimate of drug-likeness (QED) is 0.873. The summed E-state index contributed by atoms with van der Waals surface area (Å²) in [5.74, 6) is -0.445. The molecule has 1 N–H and O–H groups in total. The van der Waals surface area contributed by atoms with Crippen LogP contribution in [0.2, 0.25) is 0 Å². The van der Waals surface area contributed by atoms with Crippen LogP contribution in [0.3, 0.4) is 0 Å². The second-order valence-corrected chi connectivity index (χ2v) is 7.11.